The molecule has 0 aliphatic carbocycles. The Morgan fingerprint density at radius 3 is 0.941 bits per heavy atom. The zero-order valence-corrected chi connectivity index (χ0v) is 57.2. The largest absolute Gasteiger partial charge is 0.489 e. The van der Waals surface area contributed by atoms with E-state index < -0.39 is 7.12 Å². The molecular formula is C90H60BClN6O2S2. The van der Waals surface area contributed by atoms with E-state index >= 15 is 0 Å². The summed E-state index contributed by atoms with van der Waals surface area (Å²) in [5, 5.41) is 23.5. The first-order chi connectivity index (χ1) is 50.3. The summed E-state index contributed by atoms with van der Waals surface area (Å²) in [6.45, 7) is 0. The fraction of sp³-hybridized carbons (Fsp3) is 0. The predicted molar refractivity (Wildman–Crippen MR) is 427 cm³/mol. The van der Waals surface area contributed by atoms with Crippen LogP contribution in [-0.4, -0.2) is 47.1 Å². The van der Waals surface area contributed by atoms with Gasteiger partial charge in [0.05, 0.1) is 0 Å². The van der Waals surface area contributed by atoms with E-state index in [2.05, 4.69) is 265 Å². The Morgan fingerprint density at radius 2 is 0.500 bits per heavy atom. The van der Waals surface area contributed by atoms with Gasteiger partial charge in [-0.15, -0.1) is 22.7 Å². The second-order valence-electron chi connectivity index (χ2n) is 24.5. The lowest BCUT2D eigenvalue weighted by molar-refractivity contribution is 0.426. The van der Waals surface area contributed by atoms with Gasteiger partial charge in [0.25, 0.3) is 0 Å². The molecule has 0 spiro atoms. The molecular weight excluding hydrogens is 1310 g/mol. The van der Waals surface area contributed by atoms with Crippen molar-refractivity contribution in [1.82, 2.24) is 29.9 Å². The maximum absolute atomic E-state index is 9.31. The molecule has 0 saturated carbocycles. The van der Waals surface area contributed by atoms with Gasteiger partial charge in [0.1, 0.15) is 0 Å². The zero-order valence-electron chi connectivity index (χ0n) is 54.8. The van der Waals surface area contributed by atoms with E-state index in [0.717, 1.165) is 76.8 Å². The molecule has 0 aliphatic rings. The van der Waals surface area contributed by atoms with Crippen LogP contribution in [0.1, 0.15) is 0 Å². The molecule has 0 atom stereocenters. The van der Waals surface area contributed by atoms with Crippen LogP contribution in [0, 0.1) is 0 Å². The molecule has 0 amide bonds. The third-order valence-corrected chi connectivity index (χ3v) is 20.6. The highest BCUT2D eigenvalue weighted by molar-refractivity contribution is 7.27. The van der Waals surface area contributed by atoms with Gasteiger partial charge < -0.3 is 10.0 Å². The molecule has 8 nitrogen and oxygen atoms in total. The van der Waals surface area contributed by atoms with Crippen molar-refractivity contribution in [2.45, 2.75) is 0 Å². The van der Waals surface area contributed by atoms with Crippen LogP contribution in [0.5, 0.6) is 0 Å². The van der Waals surface area contributed by atoms with Crippen LogP contribution in [0.15, 0.2) is 352 Å². The van der Waals surface area contributed by atoms with Gasteiger partial charge in [-0.05, 0) is 132 Å². The van der Waals surface area contributed by atoms with Crippen LogP contribution < -0.4 is 5.46 Å². The topological polar surface area (TPSA) is 118 Å². The van der Waals surface area contributed by atoms with Gasteiger partial charge in [-0.3, -0.25) is 0 Å². The van der Waals surface area contributed by atoms with Crippen molar-refractivity contribution in [1.29, 1.82) is 0 Å². The van der Waals surface area contributed by atoms with Gasteiger partial charge in [-0.2, -0.15) is 9.97 Å². The molecule has 2 N–H and O–H groups in total. The molecule has 4 aromatic heterocycles. The zero-order chi connectivity index (χ0) is 68.7. The van der Waals surface area contributed by atoms with Gasteiger partial charge >= 0.3 is 7.12 Å². The summed E-state index contributed by atoms with van der Waals surface area (Å²) >= 11 is 9.74. The molecule has 0 bridgehead atoms. The first kappa shape index (κ1) is 64.5. The van der Waals surface area contributed by atoms with Crippen molar-refractivity contribution in [3.8, 4) is 124 Å². The van der Waals surface area contributed by atoms with Crippen molar-refractivity contribution in [2.24, 2.45) is 0 Å². The average Bonchev–Trinajstić information content (AvgIpc) is 1.60. The number of fused-ring (bicyclic) bond motifs is 6. The Morgan fingerprint density at radius 1 is 0.225 bits per heavy atom. The first-order valence-corrected chi connectivity index (χ1v) is 35.5. The second-order valence-corrected chi connectivity index (χ2v) is 26.9. The fourth-order valence-corrected chi connectivity index (χ4v) is 15.4. The maximum Gasteiger partial charge on any atom is 0.489 e. The molecule has 484 valence electrons. The number of nitrogens with zero attached hydrogens (tertiary/aromatic N) is 6. The first-order valence-electron chi connectivity index (χ1n) is 33.5. The third-order valence-electron chi connectivity index (χ3n) is 17.9. The number of aromatic nitrogens is 6. The van der Waals surface area contributed by atoms with E-state index in [1.807, 2.05) is 91.0 Å². The van der Waals surface area contributed by atoms with Crippen molar-refractivity contribution >= 4 is 87.2 Å². The smallest absolute Gasteiger partial charge is 0.423 e. The summed E-state index contributed by atoms with van der Waals surface area (Å²) in [5.41, 5.74) is 19.1. The second kappa shape index (κ2) is 29.3. The third kappa shape index (κ3) is 14.0. The van der Waals surface area contributed by atoms with E-state index in [4.69, 9.17) is 31.5 Å². The molecule has 0 fully saturated rings. The van der Waals surface area contributed by atoms with E-state index in [1.54, 1.807) is 28.7 Å². The Balaban J connectivity index is 0.000000133. The SMILES string of the molecule is Clc1nc(-c2ccc(-c3ccccc3)cc2)nc(-c2cccc(-c3cccc(-c4ccccc4)c3)c2)n1.OB(O)c1cccc2c1sc1ccccc12.c1ccc(-c2ccc(-c3nc(-c4cccc(-c5cccc(-c6ccccc6)c5)c4)nc(-c4cccc5c4sc4ccccc45)n3)cc2)cc1. The van der Waals surface area contributed by atoms with E-state index in [-0.39, 0.29) is 5.28 Å². The Kier molecular flexibility index (Phi) is 18.5. The lowest BCUT2D eigenvalue weighted by Gasteiger charge is -2.11. The summed E-state index contributed by atoms with van der Waals surface area (Å²) in [4.78, 5) is 29.0. The fourth-order valence-electron chi connectivity index (χ4n) is 12.8. The van der Waals surface area contributed by atoms with Gasteiger partial charge in [0.2, 0.25) is 5.28 Å². The highest BCUT2D eigenvalue weighted by atomic mass is 35.5. The van der Waals surface area contributed by atoms with E-state index in [9.17, 15) is 10.0 Å². The van der Waals surface area contributed by atoms with Crippen molar-refractivity contribution < 1.29 is 10.0 Å². The molecule has 14 aromatic carbocycles. The molecule has 18 rings (SSSR count). The number of thiophene rings is 2. The molecule has 0 saturated heterocycles. The van der Waals surface area contributed by atoms with Gasteiger partial charge in [-0.1, -0.05) is 309 Å². The molecule has 4 heterocycles. The van der Waals surface area contributed by atoms with Crippen LogP contribution in [0.3, 0.4) is 0 Å². The highest BCUT2D eigenvalue weighted by Crippen LogP contribution is 2.41. The molecule has 0 unspecified atom stereocenters. The highest BCUT2D eigenvalue weighted by Gasteiger charge is 2.20. The lowest BCUT2D eigenvalue weighted by Crippen LogP contribution is -2.29. The maximum atomic E-state index is 9.31. The van der Waals surface area contributed by atoms with Crippen molar-refractivity contribution in [3.63, 3.8) is 0 Å². The van der Waals surface area contributed by atoms with Gasteiger partial charge in [0.15, 0.2) is 29.1 Å². The summed E-state index contributed by atoms with van der Waals surface area (Å²) in [6.07, 6.45) is 0. The summed E-state index contributed by atoms with van der Waals surface area (Å²) < 4.78 is 4.56. The van der Waals surface area contributed by atoms with Crippen molar-refractivity contribution in [2.75, 3.05) is 0 Å². The quantitative estimate of drug-likeness (QED) is 0.116. The van der Waals surface area contributed by atoms with Gasteiger partial charge in [0, 0.05) is 62.8 Å². The van der Waals surface area contributed by atoms with E-state index in [0.29, 0.717) is 34.6 Å². The Bertz CT molecular complexity index is 6000. The summed E-state index contributed by atoms with van der Waals surface area (Å²) in [6, 6.07) is 121. The minimum Gasteiger partial charge on any atom is -0.423 e. The monoisotopic (exact) mass is 1370 g/mol. The number of hydrogen-bond acceptors (Lipinski definition) is 10. The van der Waals surface area contributed by atoms with Crippen LogP contribution >= 0.6 is 34.3 Å². The lowest BCUT2D eigenvalue weighted by atomic mass is 9.80. The molecule has 12 heteroatoms. The predicted octanol–water partition coefficient (Wildman–Crippen LogP) is 22.8. The van der Waals surface area contributed by atoms with Crippen LogP contribution in [-0.2, 0) is 0 Å². The molecule has 18 aromatic rings. The Labute approximate surface area is 603 Å². The molecule has 102 heavy (non-hydrogen) atoms. The van der Waals surface area contributed by atoms with E-state index in [1.165, 1.54) is 58.1 Å². The average molecular weight is 1370 g/mol. The van der Waals surface area contributed by atoms with Crippen LogP contribution in [0.2, 0.25) is 5.28 Å². The number of hydrogen-bond donors (Lipinski definition) is 2. The number of rotatable bonds is 12. The summed E-state index contributed by atoms with van der Waals surface area (Å²) in [5.74, 6) is 3.05. The normalized spacial score (nSPS) is 11.1. The number of halogens is 1. The number of benzene rings is 14. The minimum atomic E-state index is -1.41. The van der Waals surface area contributed by atoms with Crippen molar-refractivity contribution in [3.05, 3.63) is 357 Å². The molecule has 0 aliphatic heterocycles. The standard InChI is InChI=1S/C45H29N3S.C33H22ClN3.C12H9BO2S/c1-3-12-30(13-4-1)32-24-26-33(27-25-32)43-46-44(48-45(47-43)40-22-11-21-39-38-20-7-8-23-41(38)49-42(39)40)37-19-10-18-36(29-37)35-17-9-16-34(28-35)31-14-5-2-6-15-31;34-33-36-31(26-19-17-25(18-20-26)23-9-3-1-4-10-23)35-32(37-33)30-16-8-15-29(22-30)28-14-7-13-27(21-28)24-11-5-2-6-12-24;14-13(15)10-6-3-5-9-8-4-1-2-7-11(8)16-12(9)10/h1-29H;1-22H;1-7,14-15H. The summed E-state index contributed by atoms with van der Waals surface area (Å²) in [7, 11) is -1.41. The molecule has 0 radical (unpaired) electrons. The van der Waals surface area contributed by atoms with Crippen LogP contribution in [0.4, 0.5) is 0 Å². The van der Waals surface area contributed by atoms with Crippen LogP contribution in [0.25, 0.3) is 164 Å². The minimum absolute atomic E-state index is 0.170. The van der Waals surface area contributed by atoms with Gasteiger partial charge in [-0.25, -0.2) is 19.9 Å². The Hall–Kier alpha value is -12.2.